The standard InChI is InChI=1S/C25H21NO4/c1-2-28-22-11-13-23(14-12-22)29-18-25(27)30-24-10-6-7-19(16-24)15-21(17-26)20-8-4-3-5-9-20/h3-16H,2,18H2,1H3/b21-15-. The summed E-state index contributed by atoms with van der Waals surface area (Å²) in [4.78, 5) is 12.1. The molecular formula is C25H21NO4. The zero-order chi connectivity index (χ0) is 21.2. The summed E-state index contributed by atoms with van der Waals surface area (Å²) in [7, 11) is 0. The Morgan fingerprint density at radius 1 is 0.900 bits per heavy atom. The van der Waals surface area contributed by atoms with Gasteiger partial charge in [0.2, 0.25) is 0 Å². The largest absolute Gasteiger partial charge is 0.494 e. The first kappa shape index (κ1) is 20.7. The van der Waals surface area contributed by atoms with Crippen LogP contribution in [0.5, 0.6) is 17.2 Å². The van der Waals surface area contributed by atoms with Crippen molar-refractivity contribution in [2.75, 3.05) is 13.2 Å². The molecule has 150 valence electrons. The Morgan fingerprint density at radius 2 is 1.60 bits per heavy atom. The molecule has 0 aliphatic heterocycles. The van der Waals surface area contributed by atoms with E-state index in [1.165, 1.54) is 0 Å². The van der Waals surface area contributed by atoms with Gasteiger partial charge >= 0.3 is 5.97 Å². The number of nitriles is 1. The van der Waals surface area contributed by atoms with Gasteiger partial charge in [0.15, 0.2) is 6.61 Å². The van der Waals surface area contributed by atoms with Crippen molar-refractivity contribution in [3.63, 3.8) is 0 Å². The van der Waals surface area contributed by atoms with Crippen molar-refractivity contribution >= 4 is 17.6 Å². The van der Waals surface area contributed by atoms with Crippen LogP contribution in [0, 0.1) is 11.3 Å². The number of hydrogen-bond donors (Lipinski definition) is 0. The van der Waals surface area contributed by atoms with Crippen LogP contribution >= 0.6 is 0 Å². The Kier molecular flexibility index (Phi) is 7.23. The van der Waals surface area contributed by atoms with E-state index in [0.717, 1.165) is 16.9 Å². The maximum Gasteiger partial charge on any atom is 0.349 e. The lowest BCUT2D eigenvalue weighted by atomic mass is 10.0. The maximum absolute atomic E-state index is 12.1. The summed E-state index contributed by atoms with van der Waals surface area (Å²) in [6, 6.07) is 25.6. The average molecular weight is 399 g/mol. The van der Waals surface area contributed by atoms with Gasteiger partial charge in [-0.05, 0) is 60.5 Å². The number of ether oxygens (including phenoxy) is 3. The molecule has 3 aromatic carbocycles. The molecule has 0 atom stereocenters. The molecule has 0 aromatic heterocycles. The minimum Gasteiger partial charge on any atom is -0.494 e. The third kappa shape index (κ3) is 5.98. The smallest absolute Gasteiger partial charge is 0.349 e. The second kappa shape index (κ2) is 10.5. The number of esters is 1. The van der Waals surface area contributed by atoms with Gasteiger partial charge in [-0.3, -0.25) is 0 Å². The Hall–Kier alpha value is -4.04. The van der Waals surface area contributed by atoms with E-state index in [0.29, 0.717) is 23.7 Å². The fraction of sp³-hybridized carbons (Fsp3) is 0.120. The van der Waals surface area contributed by atoms with Crippen molar-refractivity contribution in [3.8, 4) is 23.3 Å². The molecule has 0 unspecified atom stereocenters. The second-order valence-electron chi connectivity index (χ2n) is 6.28. The van der Waals surface area contributed by atoms with Crippen molar-refractivity contribution in [1.82, 2.24) is 0 Å². The molecule has 0 bridgehead atoms. The second-order valence-corrected chi connectivity index (χ2v) is 6.28. The van der Waals surface area contributed by atoms with Gasteiger partial charge in [-0.2, -0.15) is 5.26 Å². The summed E-state index contributed by atoms with van der Waals surface area (Å²) in [6.07, 6.45) is 1.75. The number of benzene rings is 3. The highest BCUT2D eigenvalue weighted by molar-refractivity contribution is 5.89. The topological polar surface area (TPSA) is 68.6 Å². The van der Waals surface area contributed by atoms with Crippen LogP contribution in [0.1, 0.15) is 18.1 Å². The molecule has 0 aliphatic carbocycles. The Balaban J connectivity index is 1.61. The first-order chi connectivity index (χ1) is 14.7. The zero-order valence-electron chi connectivity index (χ0n) is 16.6. The van der Waals surface area contributed by atoms with Gasteiger partial charge in [0, 0.05) is 0 Å². The normalized spacial score (nSPS) is 10.7. The van der Waals surface area contributed by atoms with Gasteiger partial charge in [-0.25, -0.2) is 4.79 Å². The number of rotatable bonds is 8. The monoisotopic (exact) mass is 399 g/mol. The lowest BCUT2D eigenvalue weighted by Crippen LogP contribution is -2.17. The highest BCUT2D eigenvalue weighted by Gasteiger charge is 2.08. The average Bonchev–Trinajstić information content (AvgIpc) is 2.78. The predicted octanol–water partition coefficient (Wildman–Crippen LogP) is 5.13. The molecule has 0 fully saturated rings. The molecule has 0 saturated heterocycles. The summed E-state index contributed by atoms with van der Waals surface area (Å²) in [6.45, 7) is 2.28. The summed E-state index contributed by atoms with van der Waals surface area (Å²) in [5.74, 6) is 1.15. The number of carbonyl (C=O) groups excluding carboxylic acids is 1. The first-order valence-corrected chi connectivity index (χ1v) is 9.51. The van der Waals surface area contributed by atoms with Crippen LogP contribution in [0.3, 0.4) is 0 Å². The van der Waals surface area contributed by atoms with Crippen molar-refractivity contribution in [2.45, 2.75) is 6.92 Å². The van der Waals surface area contributed by atoms with E-state index in [1.807, 2.05) is 43.3 Å². The SMILES string of the molecule is CCOc1ccc(OCC(=O)Oc2cccc(/C=C(/C#N)c3ccccc3)c2)cc1. The van der Waals surface area contributed by atoms with Crippen molar-refractivity contribution in [2.24, 2.45) is 0 Å². The molecule has 5 heteroatoms. The zero-order valence-corrected chi connectivity index (χ0v) is 16.6. The van der Waals surface area contributed by atoms with Crippen molar-refractivity contribution in [3.05, 3.63) is 90.0 Å². The molecule has 3 rings (SSSR count). The highest BCUT2D eigenvalue weighted by atomic mass is 16.6. The third-order valence-electron chi connectivity index (χ3n) is 4.10. The third-order valence-corrected chi connectivity index (χ3v) is 4.10. The van der Waals surface area contributed by atoms with Crippen LogP contribution in [0.4, 0.5) is 0 Å². The Bertz CT molecular complexity index is 1050. The lowest BCUT2D eigenvalue weighted by molar-refractivity contribution is -0.136. The summed E-state index contributed by atoms with van der Waals surface area (Å²) in [5.41, 5.74) is 2.11. The number of nitrogens with zero attached hydrogens (tertiary/aromatic N) is 1. The van der Waals surface area contributed by atoms with Gasteiger partial charge < -0.3 is 14.2 Å². The first-order valence-electron chi connectivity index (χ1n) is 9.51. The molecule has 0 N–H and O–H groups in total. The van der Waals surface area contributed by atoms with Crippen LogP contribution in [-0.4, -0.2) is 19.2 Å². The molecule has 0 saturated carbocycles. The lowest BCUT2D eigenvalue weighted by Gasteiger charge is -2.08. The van der Waals surface area contributed by atoms with Gasteiger partial charge in [-0.15, -0.1) is 0 Å². The number of carbonyl (C=O) groups is 1. The predicted molar refractivity (Wildman–Crippen MR) is 115 cm³/mol. The highest BCUT2D eigenvalue weighted by Crippen LogP contribution is 2.21. The molecule has 0 spiro atoms. The van der Waals surface area contributed by atoms with Gasteiger partial charge in [0.25, 0.3) is 0 Å². The summed E-state index contributed by atoms with van der Waals surface area (Å²) >= 11 is 0. The fourth-order valence-electron chi connectivity index (χ4n) is 2.73. The quantitative estimate of drug-likeness (QED) is 0.227. The molecule has 5 nitrogen and oxygen atoms in total. The van der Waals surface area contributed by atoms with E-state index in [9.17, 15) is 10.1 Å². The maximum atomic E-state index is 12.1. The number of hydrogen-bond acceptors (Lipinski definition) is 5. The van der Waals surface area contributed by atoms with Gasteiger partial charge in [0.05, 0.1) is 18.2 Å². The minimum atomic E-state index is -0.520. The molecule has 30 heavy (non-hydrogen) atoms. The molecular weight excluding hydrogens is 378 g/mol. The summed E-state index contributed by atoms with van der Waals surface area (Å²) < 4.78 is 16.2. The van der Waals surface area contributed by atoms with E-state index in [4.69, 9.17) is 14.2 Å². The number of allylic oxidation sites excluding steroid dienone is 1. The molecule has 0 radical (unpaired) electrons. The van der Waals surface area contributed by atoms with Crippen molar-refractivity contribution < 1.29 is 19.0 Å². The Labute approximate surface area is 175 Å². The molecule has 3 aromatic rings. The molecule has 0 amide bonds. The van der Waals surface area contributed by atoms with Crippen molar-refractivity contribution in [1.29, 1.82) is 5.26 Å². The summed E-state index contributed by atoms with van der Waals surface area (Å²) in [5, 5.41) is 9.45. The van der Waals surface area contributed by atoms with Gasteiger partial charge in [0.1, 0.15) is 17.2 Å². The minimum absolute atomic E-state index is 0.221. The van der Waals surface area contributed by atoms with Gasteiger partial charge in [-0.1, -0.05) is 42.5 Å². The molecule has 0 heterocycles. The van der Waals surface area contributed by atoms with Crippen LogP contribution < -0.4 is 14.2 Å². The Morgan fingerprint density at radius 3 is 2.27 bits per heavy atom. The molecule has 0 aliphatic rings. The van der Waals surface area contributed by atoms with E-state index in [1.54, 1.807) is 48.5 Å². The van der Waals surface area contributed by atoms with E-state index in [2.05, 4.69) is 6.07 Å². The fourth-order valence-corrected chi connectivity index (χ4v) is 2.73. The van der Waals surface area contributed by atoms with E-state index < -0.39 is 5.97 Å². The van der Waals surface area contributed by atoms with Crippen LogP contribution in [0.15, 0.2) is 78.9 Å². The van der Waals surface area contributed by atoms with Crippen LogP contribution in [0.25, 0.3) is 11.6 Å². The van der Waals surface area contributed by atoms with E-state index >= 15 is 0 Å². The van der Waals surface area contributed by atoms with E-state index in [-0.39, 0.29) is 6.61 Å². The van der Waals surface area contributed by atoms with Crippen LogP contribution in [-0.2, 0) is 4.79 Å². The van der Waals surface area contributed by atoms with Crippen LogP contribution in [0.2, 0.25) is 0 Å².